The molecule has 1 N–H and O–H groups in total. The maximum Gasteiger partial charge on any atom is 0.223 e. The van der Waals surface area contributed by atoms with Gasteiger partial charge in [0.2, 0.25) is 5.91 Å². The lowest BCUT2D eigenvalue weighted by Gasteiger charge is -2.25. The van der Waals surface area contributed by atoms with Crippen LogP contribution in [0.3, 0.4) is 0 Å². The molecule has 0 spiro atoms. The summed E-state index contributed by atoms with van der Waals surface area (Å²) in [5.41, 5.74) is 1.89. The molecule has 1 fully saturated rings. The summed E-state index contributed by atoms with van der Waals surface area (Å²) in [6.07, 6.45) is 0.906. The Hall–Kier alpha value is -2.40. The van der Waals surface area contributed by atoms with Crippen molar-refractivity contribution in [3.63, 3.8) is 0 Å². The summed E-state index contributed by atoms with van der Waals surface area (Å²) in [5, 5.41) is 10.0. The number of hydrogen-bond donors (Lipinski definition) is 1. The minimum absolute atomic E-state index is 0.00584. The van der Waals surface area contributed by atoms with Gasteiger partial charge >= 0.3 is 0 Å². The number of rotatable bonds is 5. The lowest BCUT2D eigenvalue weighted by molar-refractivity contribution is -0.132. The molecule has 1 aliphatic heterocycles. The maximum absolute atomic E-state index is 13.1. The maximum atomic E-state index is 13.1. The van der Waals surface area contributed by atoms with Crippen LogP contribution in [0, 0.1) is 5.82 Å². The van der Waals surface area contributed by atoms with E-state index in [4.69, 9.17) is 4.74 Å². The van der Waals surface area contributed by atoms with Crippen molar-refractivity contribution in [2.45, 2.75) is 31.4 Å². The molecule has 0 unspecified atom stereocenters. The van der Waals surface area contributed by atoms with Gasteiger partial charge in [-0.05, 0) is 48.2 Å². The van der Waals surface area contributed by atoms with E-state index >= 15 is 0 Å². The van der Waals surface area contributed by atoms with Crippen LogP contribution in [-0.4, -0.2) is 35.7 Å². The van der Waals surface area contributed by atoms with E-state index in [9.17, 15) is 14.3 Å². The van der Waals surface area contributed by atoms with Gasteiger partial charge in [0.05, 0.1) is 19.3 Å². The van der Waals surface area contributed by atoms with Gasteiger partial charge in [-0.3, -0.25) is 4.79 Å². The third kappa shape index (κ3) is 4.17. The molecular formula is C20H22FNO3. The lowest BCUT2D eigenvalue weighted by atomic mass is 10.0. The van der Waals surface area contributed by atoms with Gasteiger partial charge in [0.1, 0.15) is 11.6 Å². The molecule has 2 atom stereocenters. The molecule has 2 aromatic carbocycles. The van der Waals surface area contributed by atoms with Crippen molar-refractivity contribution in [3.05, 3.63) is 65.5 Å². The van der Waals surface area contributed by atoms with Gasteiger partial charge < -0.3 is 14.7 Å². The van der Waals surface area contributed by atoms with Crippen LogP contribution in [0.2, 0.25) is 0 Å². The van der Waals surface area contributed by atoms with Crippen LogP contribution in [0.15, 0.2) is 48.5 Å². The predicted molar refractivity (Wildman–Crippen MR) is 92.8 cm³/mol. The van der Waals surface area contributed by atoms with E-state index in [0.29, 0.717) is 25.8 Å². The van der Waals surface area contributed by atoms with Crippen LogP contribution >= 0.6 is 0 Å². The van der Waals surface area contributed by atoms with E-state index in [0.717, 1.165) is 16.9 Å². The van der Waals surface area contributed by atoms with Crippen LogP contribution < -0.4 is 4.74 Å². The number of methoxy groups -OCH3 is 1. The molecule has 25 heavy (non-hydrogen) atoms. The molecule has 2 aromatic rings. The van der Waals surface area contributed by atoms with Gasteiger partial charge in [-0.2, -0.15) is 0 Å². The standard InChI is InChI=1S/C20H22FNO3/c1-25-18-4-2-3-14(11-18)5-10-20(24)22-13-17(23)12-19(22)15-6-8-16(21)9-7-15/h2-4,6-9,11,17,19,23H,5,10,12-13H2,1H3/t17-,19+/m0/s1. The summed E-state index contributed by atoms with van der Waals surface area (Å²) in [7, 11) is 1.61. The fourth-order valence-electron chi connectivity index (χ4n) is 3.31. The SMILES string of the molecule is COc1cccc(CCC(=O)N2C[C@@H](O)C[C@@H]2c2ccc(F)cc2)c1. The Morgan fingerprint density at radius 2 is 2.04 bits per heavy atom. The number of amides is 1. The topological polar surface area (TPSA) is 49.8 Å². The lowest BCUT2D eigenvalue weighted by Crippen LogP contribution is -2.31. The third-order valence-corrected chi connectivity index (χ3v) is 4.62. The second-order valence-electron chi connectivity index (χ2n) is 6.35. The van der Waals surface area contributed by atoms with Gasteiger partial charge in [0.25, 0.3) is 0 Å². The first kappa shape index (κ1) is 17.4. The fourth-order valence-corrected chi connectivity index (χ4v) is 3.31. The molecule has 4 nitrogen and oxygen atoms in total. The average Bonchev–Trinajstić information content (AvgIpc) is 3.02. The monoisotopic (exact) mass is 343 g/mol. The Bertz CT molecular complexity index is 732. The van der Waals surface area contributed by atoms with E-state index in [1.54, 1.807) is 24.1 Å². The zero-order chi connectivity index (χ0) is 17.8. The molecule has 1 saturated heterocycles. The quantitative estimate of drug-likeness (QED) is 0.908. The molecule has 132 valence electrons. The first-order valence-corrected chi connectivity index (χ1v) is 8.42. The second-order valence-corrected chi connectivity index (χ2v) is 6.35. The summed E-state index contributed by atoms with van der Waals surface area (Å²) >= 11 is 0. The van der Waals surface area contributed by atoms with Crippen molar-refractivity contribution in [2.24, 2.45) is 0 Å². The number of halogens is 1. The molecule has 1 amide bonds. The fraction of sp³-hybridized carbons (Fsp3) is 0.350. The Balaban J connectivity index is 1.67. The molecule has 3 rings (SSSR count). The highest BCUT2D eigenvalue weighted by Crippen LogP contribution is 2.33. The van der Waals surface area contributed by atoms with E-state index < -0.39 is 6.10 Å². The number of aliphatic hydroxyl groups excluding tert-OH is 1. The number of benzene rings is 2. The molecule has 0 saturated carbocycles. The molecule has 0 aromatic heterocycles. The number of aliphatic hydroxyl groups is 1. The van der Waals surface area contributed by atoms with Crippen molar-refractivity contribution < 1.29 is 19.0 Å². The number of hydrogen-bond acceptors (Lipinski definition) is 3. The van der Waals surface area contributed by atoms with Gasteiger partial charge in [0, 0.05) is 13.0 Å². The number of carbonyl (C=O) groups is 1. The average molecular weight is 343 g/mol. The minimum Gasteiger partial charge on any atom is -0.497 e. The second kappa shape index (κ2) is 7.66. The smallest absolute Gasteiger partial charge is 0.223 e. The van der Waals surface area contributed by atoms with Gasteiger partial charge in [-0.15, -0.1) is 0 Å². The largest absolute Gasteiger partial charge is 0.497 e. The van der Waals surface area contributed by atoms with Gasteiger partial charge in [-0.25, -0.2) is 4.39 Å². The molecule has 1 aliphatic rings. The zero-order valence-corrected chi connectivity index (χ0v) is 14.2. The molecule has 0 radical (unpaired) electrons. The molecule has 0 aliphatic carbocycles. The first-order valence-electron chi connectivity index (χ1n) is 8.42. The van der Waals surface area contributed by atoms with Crippen LogP contribution in [0.4, 0.5) is 4.39 Å². The van der Waals surface area contributed by atoms with Crippen molar-refractivity contribution in [3.8, 4) is 5.75 Å². The first-order chi connectivity index (χ1) is 12.1. The van der Waals surface area contributed by atoms with Crippen LogP contribution in [0.5, 0.6) is 5.75 Å². The Morgan fingerprint density at radius 1 is 1.28 bits per heavy atom. The van der Waals surface area contributed by atoms with Gasteiger partial charge in [0.15, 0.2) is 0 Å². The minimum atomic E-state index is -0.546. The van der Waals surface area contributed by atoms with Crippen LogP contribution in [0.1, 0.15) is 30.0 Å². The van der Waals surface area contributed by atoms with E-state index in [1.165, 1.54) is 12.1 Å². The number of likely N-dealkylation sites (tertiary alicyclic amines) is 1. The Morgan fingerprint density at radius 3 is 2.76 bits per heavy atom. The molecular weight excluding hydrogens is 321 g/mol. The number of ether oxygens (including phenoxy) is 1. The van der Waals surface area contributed by atoms with Crippen molar-refractivity contribution >= 4 is 5.91 Å². The highest BCUT2D eigenvalue weighted by atomic mass is 19.1. The molecule has 5 heteroatoms. The summed E-state index contributed by atoms with van der Waals surface area (Å²) in [6.45, 7) is 0.318. The van der Waals surface area contributed by atoms with Crippen LogP contribution in [-0.2, 0) is 11.2 Å². The van der Waals surface area contributed by atoms with E-state index in [1.807, 2.05) is 24.3 Å². The van der Waals surface area contributed by atoms with Crippen LogP contribution in [0.25, 0.3) is 0 Å². The highest BCUT2D eigenvalue weighted by molar-refractivity contribution is 5.77. The summed E-state index contributed by atoms with van der Waals surface area (Å²) in [4.78, 5) is 14.4. The Labute approximate surface area is 146 Å². The normalized spacial score (nSPS) is 19.9. The van der Waals surface area contributed by atoms with Crippen molar-refractivity contribution in [1.29, 1.82) is 0 Å². The van der Waals surface area contributed by atoms with Gasteiger partial charge in [-0.1, -0.05) is 24.3 Å². The van der Waals surface area contributed by atoms with Crippen molar-refractivity contribution in [1.82, 2.24) is 4.90 Å². The molecule has 1 heterocycles. The third-order valence-electron chi connectivity index (χ3n) is 4.62. The summed E-state index contributed by atoms with van der Waals surface area (Å²) in [6, 6.07) is 13.6. The zero-order valence-electron chi connectivity index (χ0n) is 14.2. The number of nitrogens with zero attached hydrogens (tertiary/aromatic N) is 1. The summed E-state index contributed by atoms with van der Waals surface area (Å²) in [5.74, 6) is 0.456. The Kier molecular flexibility index (Phi) is 5.34. The number of carbonyl (C=O) groups excluding carboxylic acids is 1. The van der Waals surface area contributed by atoms with E-state index in [2.05, 4.69) is 0 Å². The predicted octanol–water partition coefficient (Wildman–Crippen LogP) is 3.10. The highest BCUT2D eigenvalue weighted by Gasteiger charge is 2.34. The molecule has 0 bridgehead atoms. The van der Waals surface area contributed by atoms with Crippen molar-refractivity contribution in [2.75, 3.05) is 13.7 Å². The number of aryl methyl sites for hydroxylation is 1. The van der Waals surface area contributed by atoms with E-state index in [-0.39, 0.29) is 17.8 Å². The number of β-amino-alcohol motifs (C(OH)–C–C–N with tert-alkyl or cyclic N) is 1. The summed E-state index contributed by atoms with van der Waals surface area (Å²) < 4.78 is 18.3.